The third-order valence-electron chi connectivity index (χ3n) is 3.20. The number of hydrogen-bond acceptors (Lipinski definition) is 4. The molecule has 1 aromatic carbocycles. The van der Waals surface area contributed by atoms with Crippen LogP contribution in [-0.2, 0) is 13.2 Å². The highest BCUT2D eigenvalue weighted by molar-refractivity contribution is 5.41. The summed E-state index contributed by atoms with van der Waals surface area (Å²) in [5, 5.41) is 18.0. The van der Waals surface area contributed by atoms with Crippen LogP contribution >= 0.6 is 0 Å². The minimum atomic E-state index is -0.0493. The molecule has 1 heterocycles. The standard InChI is InChI=1S/C16H16N2O2/c1-11-15(9-19)8-18-12(2)16(11)20-10-14-5-3-13(7-17)4-6-14/h3-6,8,19H,9-10H2,1-2H3. The zero-order valence-corrected chi connectivity index (χ0v) is 11.6. The molecular formula is C16H16N2O2. The maximum atomic E-state index is 9.25. The normalized spacial score (nSPS) is 10.1. The van der Waals surface area contributed by atoms with Crippen LogP contribution in [0.2, 0.25) is 0 Å². The SMILES string of the molecule is Cc1ncc(CO)c(C)c1OCc1ccc(C#N)cc1. The highest BCUT2D eigenvalue weighted by atomic mass is 16.5. The molecule has 0 atom stereocenters. The molecule has 4 nitrogen and oxygen atoms in total. The summed E-state index contributed by atoms with van der Waals surface area (Å²) in [6.07, 6.45) is 1.67. The van der Waals surface area contributed by atoms with Gasteiger partial charge in [-0.3, -0.25) is 4.98 Å². The smallest absolute Gasteiger partial charge is 0.144 e. The van der Waals surface area contributed by atoms with Gasteiger partial charge >= 0.3 is 0 Å². The van der Waals surface area contributed by atoms with Gasteiger partial charge in [-0.1, -0.05) is 12.1 Å². The van der Waals surface area contributed by atoms with Gasteiger partial charge in [-0.15, -0.1) is 0 Å². The number of aromatic nitrogens is 1. The topological polar surface area (TPSA) is 66.1 Å². The molecule has 20 heavy (non-hydrogen) atoms. The molecule has 2 rings (SSSR count). The van der Waals surface area contributed by atoms with E-state index < -0.39 is 0 Å². The highest BCUT2D eigenvalue weighted by Gasteiger charge is 2.09. The summed E-state index contributed by atoms with van der Waals surface area (Å²) in [7, 11) is 0. The zero-order valence-electron chi connectivity index (χ0n) is 11.6. The quantitative estimate of drug-likeness (QED) is 0.925. The molecule has 0 radical (unpaired) electrons. The zero-order chi connectivity index (χ0) is 14.5. The Morgan fingerprint density at radius 1 is 1.25 bits per heavy atom. The highest BCUT2D eigenvalue weighted by Crippen LogP contribution is 2.25. The summed E-state index contributed by atoms with van der Waals surface area (Å²) in [5.41, 5.74) is 4.09. The summed E-state index contributed by atoms with van der Waals surface area (Å²) >= 11 is 0. The first kappa shape index (κ1) is 14.0. The average Bonchev–Trinajstić information content (AvgIpc) is 2.48. The molecule has 0 saturated heterocycles. The third kappa shape index (κ3) is 2.95. The summed E-state index contributed by atoms with van der Waals surface area (Å²) in [6.45, 7) is 4.15. The first-order valence-corrected chi connectivity index (χ1v) is 6.33. The summed E-state index contributed by atoms with van der Waals surface area (Å²) in [4.78, 5) is 4.22. The number of aliphatic hydroxyl groups excluding tert-OH is 1. The van der Waals surface area contributed by atoms with Crippen LogP contribution in [0.25, 0.3) is 0 Å². The van der Waals surface area contributed by atoms with E-state index in [1.165, 1.54) is 0 Å². The molecule has 0 fully saturated rings. The van der Waals surface area contributed by atoms with E-state index in [2.05, 4.69) is 11.1 Å². The Morgan fingerprint density at radius 2 is 1.95 bits per heavy atom. The Labute approximate surface area is 118 Å². The van der Waals surface area contributed by atoms with Crippen LogP contribution in [0.4, 0.5) is 0 Å². The third-order valence-corrected chi connectivity index (χ3v) is 3.20. The number of aryl methyl sites for hydroxylation is 1. The molecule has 1 N–H and O–H groups in total. The molecule has 0 aliphatic carbocycles. The minimum absolute atomic E-state index is 0.0493. The predicted octanol–water partition coefficient (Wildman–Crippen LogP) is 2.64. The van der Waals surface area contributed by atoms with E-state index in [4.69, 9.17) is 10.00 Å². The molecule has 0 saturated carbocycles. The van der Waals surface area contributed by atoms with Gasteiger partial charge < -0.3 is 9.84 Å². The van der Waals surface area contributed by atoms with Crippen LogP contribution in [0, 0.1) is 25.2 Å². The minimum Gasteiger partial charge on any atom is -0.487 e. The number of benzene rings is 1. The molecule has 0 aliphatic rings. The Bertz CT molecular complexity index is 643. The Balaban J connectivity index is 2.16. The Kier molecular flexibility index (Phi) is 4.34. The van der Waals surface area contributed by atoms with Gasteiger partial charge in [-0.25, -0.2) is 0 Å². The summed E-state index contributed by atoms with van der Waals surface area (Å²) < 4.78 is 5.81. The molecule has 1 aromatic heterocycles. The first-order chi connectivity index (χ1) is 9.65. The fraction of sp³-hybridized carbons (Fsp3) is 0.250. The lowest BCUT2D eigenvalue weighted by Gasteiger charge is -2.13. The van der Waals surface area contributed by atoms with E-state index in [1.807, 2.05) is 26.0 Å². The molecule has 4 heteroatoms. The molecule has 0 unspecified atom stereocenters. The van der Waals surface area contributed by atoms with Gasteiger partial charge in [0.15, 0.2) is 0 Å². The van der Waals surface area contributed by atoms with E-state index in [1.54, 1.807) is 18.3 Å². The van der Waals surface area contributed by atoms with Crippen LogP contribution in [0.15, 0.2) is 30.5 Å². The predicted molar refractivity (Wildman–Crippen MR) is 75.1 cm³/mol. The van der Waals surface area contributed by atoms with Crippen molar-refractivity contribution < 1.29 is 9.84 Å². The second-order valence-electron chi connectivity index (χ2n) is 4.58. The fourth-order valence-electron chi connectivity index (χ4n) is 1.95. The lowest BCUT2D eigenvalue weighted by atomic mass is 10.1. The van der Waals surface area contributed by atoms with Gasteiger partial charge in [0.25, 0.3) is 0 Å². The number of rotatable bonds is 4. The lowest BCUT2D eigenvalue weighted by molar-refractivity contribution is 0.274. The van der Waals surface area contributed by atoms with E-state index in [9.17, 15) is 5.11 Å². The molecule has 102 valence electrons. The van der Waals surface area contributed by atoms with E-state index >= 15 is 0 Å². The molecule has 0 amide bonds. The number of ether oxygens (including phenoxy) is 1. The molecule has 0 bridgehead atoms. The van der Waals surface area contributed by atoms with Crippen LogP contribution in [0.1, 0.15) is 27.9 Å². The van der Waals surface area contributed by atoms with Crippen molar-refractivity contribution in [3.05, 3.63) is 58.4 Å². The number of hydrogen-bond donors (Lipinski definition) is 1. The van der Waals surface area contributed by atoms with E-state index in [0.29, 0.717) is 17.9 Å². The second kappa shape index (κ2) is 6.18. The van der Waals surface area contributed by atoms with E-state index in [-0.39, 0.29) is 6.61 Å². The maximum Gasteiger partial charge on any atom is 0.144 e. The largest absolute Gasteiger partial charge is 0.487 e. The number of aliphatic hydroxyl groups is 1. The van der Waals surface area contributed by atoms with Crippen molar-refractivity contribution >= 4 is 0 Å². The molecule has 0 aliphatic heterocycles. The molecule has 0 spiro atoms. The van der Waals surface area contributed by atoms with Crippen LogP contribution < -0.4 is 4.74 Å². The van der Waals surface area contributed by atoms with Crippen molar-refractivity contribution in [2.75, 3.05) is 0 Å². The van der Waals surface area contributed by atoms with Gasteiger partial charge in [-0.2, -0.15) is 5.26 Å². The lowest BCUT2D eigenvalue weighted by Crippen LogP contribution is -2.03. The summed E-state index contributed by atoms with van der Waals surface area (Å²) in [6, 6.07) is 9.35. The second-order valence-corrected chi connectivity index (χ2v) is 4.58. The van der Waals surface area contributed by atoms with Crippen molar-refractivity contribution in [2.45, 2.75) is 27.1 Å². The van der Waals surface area contributed by atoms with E-state index in [0.717, 1.165) is 22.4 Å². The fourth-order valence-corrected chi connectivity index (χ4v) is 1.95. The van der Waals surface area contributed by atoms with Crippen LogP contribution in [0.3, 0.4) is 0 Å². The van der Waals surface area contributed by atoms with Crippen molar-refractivity contribution in [1.82, 2.24) is 4.98 Å². The average molecular weight is 268 g/mol. The van der Waals surface area contributed by atoms with Crippen molar-refractivity contribution in [2.24, 2.45) is 0 Å². The van der Waals surface area contributed by atoms with Gasteiger partial charge in [0, 0.05) is 11.8 Å². The van der Waals surface area contributed by atoms with Crippen LogP contribution in [0.5, 0.6) is 5.75 Å². The summed E-state index contributed by atoms with van der Waals surface area (Å²) in [5.74, 6) is 0.709. The number of pyridine rings is 1. The van der Waals surface area contributed by atoms with Crippen molar-refractivity contribution in [1.29, 1.82) is 5.26 Å². The molecule has 2 aromatic rings. The number of nitriles is 1. The monoisotopic (exact) mass is 268 g/mol. The van der Waals surface area contributed by atoms with Gasteiger partial charge in [0.05, 0.1) is 23.9 Å². The van der Waals surface area contributed by atoms with Crippen LogP contribution in [-0.4, -0.2) is 10.1 Å². The Morgan fingerprint density at radius 3 is 2.55 bits per heavy atom. The van der Waals surface area contributed by atoms with Gasteiger partial charge in [-0.05, 0) is 37.1 Å². The maximum absolute atomic E-state index is 9.25. The van der Waals surface area contributed by atoms with Crippen molar-refractivity contribution in [3.63, 3.8) is 0 Å². The molecular weight excluding hydrogens is 252 g/mol. The van der Waals surface area contributed by atoms with Crippen molar-refractivity contribution in [3.8, 4) is 11.8 Å². The first-order valence-electron chi connectivity index (χ1n) is 6.33. The van der Waals surface area contributed by atoms with Gasteiger partial charge in [0.2, 0.25) is 0 Å². The van der Waals surface area contributed by atoms with Gasteiger partial charge in [0.1, 0.15) is 12.4 Å². The number of nitrogens with zero attached hydrogens (tertiary/aromatic N) is 2. The Hall–Kier alpha value is -2.38.